The van der Waals surface area contributed by atoms with E-state index in [2.05, 4.69) is 126 Å². The minimum atomic E-state index is -0.230. The summed E-state index contributed by atoms with van der Waals surface area (Å²) in [5, 5.41) is 10.3. The predicted molar refractivity (Wildman–Crippen MR) is 254 cm³/mol. The number of hydrogen-bond acceptors (Lipinski definition) is 7. The quantitative estimate of drug-likeness (QED) is 0.107. The van der Waals surface area contributed by atoms with Crippen molar-refractivity contribution in [3.63, 3.8) is 0 Å². The van der Waals surface area contributed by atoms with E-state index in [0.717, 1.165) is 133 Å². The molecule has 0 bridgehead atoms. The van der Waals surface area contributed by atoms with Gasteiger partial charge in [-0.2, -0.15) is 0 Å². The summed E-state index contributed by atoms with van der Waals surface area (Å²) >= 11 is 0. The maximum absolute atomic E-state index is 10.3. The lowest BCUT2D eigenvalue weighted by molar-refractivity contribution is -0.106. The van der Waals surface area contributed by atoms with Crippen molar-refractivity contribution in [1.82, 2.24) is 0 Å². The van der Waals surface area contributed by atoms with Crippen LogP contribution in [0.4, 0.5) is 0 Å². The number of hydrogen-bond donors (Lipinski definition) is 1. The molecule has 4 unspecified atom stereocenters. The molecule has 1 N–H and O–H groups in total. The summed E-state index contributed by atoms with van der Waals surface area (Å²) in [7, 11) is 0. The Hall–Kier alpha value is -4.04. The van der Waals surface area contributed by atoms with Crippen LogP contribution in [0.5, 0.6) is 17.2 Å². The lowest BCUT2D eigenvalue weighted by Gasteiger charge is -2.49. The summed E-state index contributed by atoms with van der Waals surface area (Å²) in [5.41, 5.74) is 4.74. The van der Waals surface area contributed by atoms with E-state index in [9.17, 15) is 5.11 Å². The Morgan fingerprint density at radius 2 is 1.21 bits per heavy atom. The van der Waals surface area contributed by atoms with E-state index >= 15 is 0 Å². The number of rotatable bonds is 17. The van der Waals surface area contributed by atoms with Crippen molar-refractivity contribution in [2.45, 2.75) is 168 Å². The molecule has 3 aromatic rings. The van der Waals surface area contributed by atoms with Crippen LogP contribution >= 0.6 is 0 Å². The van der Waals surface area contributed by atoms with Gasteiger partial charge in [-0.15, -0.1) is 0 Å². The van der Waals surface area contributed by atoms with Gasteiger partial charge >= 0.3 is 0 Å². The van der Waals surface area contributed by atoms with Gasteiger partial charge in [0.05, 0.1) is 25.6 Å². The van der Waals surface area contributed by atoms with Crippen molar-refractivity contribution in [3.8, 4) is 17.2 Å². The third kappa shape index (κ3) is 11.8. The van der Waals surface area contributed by atoms with Crippen molar-refractivity contribution in [3.05, 3.63) is 125 Å². The van der Waals surface area contributed by atoms with Crippen LogP contribution in [0.25, 0.3) is 0 Å². The summed E-state index contributed by atoms with van der Waals surface area (Å²) in [4.78, 5) is 0. The van der Waals surface area contributed by atoms with Crippen LogP contribution in [0.1, 0.15) is 155 Å². The molecule has 1 aliphatic carbocycles. The molecule has 4 aliphatic rings. The number of benzene rings is 3. The fraction of sp³-hybridized carbons (Fsp3) is 0.571. The molecule has 4 fully saturated rings. The van der Waals surface area contributed by atoms with Gasteiger partial charge in [0.2, 0.25) is 0 Å². The molecule has 0 amide bonds. The van der Waals surface area contributed by atoms with Gasteiger partial charge in [0.25, 0.3) is 0 Å². The van der Waals surface area contributed by atoms with Crippen LogP contribution in [-0.4, -0.2) is 43.8 Å². The zero-order chi connectivity index (χ0) is 44.3. The molecule has 7 heteroatoms. The molecule has 0 spiro atoms. The monoisotopic (exact) mass is 861 g/mol. The fourth-order valence-corrected chi connectivity index (χ4v) is 10.6. The molecule has 3 aliphatic heterocycles. The van der Waals surface area contributed by atoms with Crippen LogP contribution in [0.2, 0.25) is 0 Å². The second-order valence-corrected chi connectivity index (χ2v) is 19.7. The van der Waals surface area contributed by atoms with Gasteiger partial charge in [-0.25, -0.2) is 0 Å². The maximum Gasteiger partial charge on any atom is 0.199 e. The molecule has 0 radical (unpaired) electrons. The SMILES string of the molecule is C\C=C/C(=C\C=C(/C)O)C1(c2cccc(OC3CCCCO3)c2)CCC(C(C)(C)C(C)CCC(C)(c2ccc(OC3CCCCO3)cc2)c2ccc(OC3CCCCO3)cc2)CC1. The van der Waals surface area contributed by atoms with Crippen LogP contribution in [-0.2, 0) is 25.0 Å². The number of aliphatic hydroxyl groups excluding tert-OH is 1. The van der Waals surface area contributed by atoms with Crippen LogP contribution in [0.3, 0.4) is 0 Å². The van der Waals surface area contributed by atoms with Gasteiger partial charge in [0.1, 0.15) is 17.2 Å². The van der Waals surface area contributed by atoms with E-state index in [1.165, 1.54) is 22.3 Å². The molecule has 3 aromatic carbocycles. The van der Waals surface area contributed by atoms with Crippen molar-refractivity contribution < 1.29 is 33.5 Å². The van der Waals surface area contributed by atoms with E-state index in [1.54, 1.807) is 6.92 Å². The van der Waals surface area contributed by atoms with Crippen molar-refractivity contribution in [2.24, 2.45) is 17.3 Å². The van der Waals surface area contributed by atoms with E-state index in [1.807, 2.05) is 6.08 Å². The van der Waals surface area contributed by atoms with E-state index in [0.29, 0.717) is 17.6 Å². The topological polar surface area (TPSA) is 75.6 Å². The second-order valence-electron chi connectivity index (χ2n) is 19.7. The Morgan fingerprint density at radius 1 is 0.698 bits per heavy atom. The summed E-state index contributed by atoms with van der Waals surface area (Å²) < 4.78 is 36.7. The average molecular weight is 861 g/mol. The molecule has 0 aromatic heterocycles. The normalized spacial score (nSPS) is 26.8. The number of allylic oxidation sites excluding steroid dienone is 6. The van der Waals surface area contributed by atoms with Crippen molar-refractivity contribution in [1.29, 1.82) is 0 Å². The van der Waals surface area contributed by atoms with Gasteiger partial charge in [-0.05, 0) is 173 Å². The first-order valence-electron chi connectivity index (χ1n) is 24.4. The smallest absolute Gasteiger partial charge is 0.199 e. The standard InChI is InChI=1S/C56H76O7/c1-7-15-46(22-21-42(3)57)56(47-16-14-17-50(40-47)63-53-20-10-13-39-60-53)35-32-43(33-36-56)54(4,5)41(2)31-34-55(6,44-23-27-48(28-24-44)61-51-18-8-11-37-58-51)45-25-29-49(30-26-45)62-52-19-9-12-38-59-52/h7,14-17,21-30,40-41,43,51-53,57H,8-13,18-20,31-39H2,1-6H3/b15-7-,42-21+,46-22+. The fourth-order valence-electron chi connectivity index (χ4n) is 10.6. The highest BCUT2D eigenvalue weighted by atomic mass is 16.7. The van der Waals surface area contributed by atoms with Crippen LogP contribution in [0.15, 0.2) is 108 Å². The molecule has 3 heterocycles. The molecular formula is C56H76O7. The Bertz CT molecular complexity index is 1880. The summed E-state index contributed by atoms with van der Waals surface area (Å²) in [6.07, 6.45) is 23.7. The Labute approximate surface area is 379 Å². The predicted octanol–water partition coefficient (Wildman–Crippen LogP) is 14.2. The molecule has 7 rings (SSSR count). The molecule has 1 saturated carbocycles. The van der Waals surface area contributed by atoms with Crippen LogP contribution < -0.4 is 14.2 Å². The van der Waals surface area contributed by atoms with Gasteiger partial charge < -0.3 is 33.5 Å². The minimum Gasteiger partial charge on any atom is -0.513 e. The van der Waals surface area contributed by atoms with Gasteiger partial charge in [0.15, 0.2) is 18.9 Å². The van der Waals surface area contributed by atoms with E-state index in [4.69, 9.17) is 28.4 Å². The molecule has 7 nitrogen and oxygen atoms in total. The van der Waals surface area contributed by atoms with E-state index < -0.39 is 0 Å². The molecular weight excluding hydrogens is 785 g/mol. The highest BCUT2D eigenvalue weighted by Crippen LogP contribution is 2.54. The highest BCUT2D eigenvalue weighted by molar-refractivity contribution is 5.47. The van der Waals surface area contributed by atoms with Gasteiger partial charge in [-0.3, -0.25) is 0 Å². The first kappa shape index (κ1) is 46.9. The van der Waals surface area contributed by atoms with Crippen LogP contribution in [0, 0.1) is 17.3 Å². The summed E-state index contributed by atoms with van der Waals surface area (Å²) in [6.45, 7) is 16.0. The second kappa shape index (κ2) is 21.8. The minimum absolute atomic E-state index is 0.109. The molecule has 63 heavy (non-hydrogen) atoms. The highest BCUT2D eigenvalue weighted by Gasteiger charge is 2.45. The molecule has 342 valence electrons. The molecule has 3 saturated heterocycles. The first-order chi connectivity index (χ1) is 30.5. The third-order valence-corrected chi connectivity index (χ3v) is 15.2. The Kier molecular flexibility index (Phi) is 16.2. The largest absolute Gasteiger partial charge is 0.513 e. The summed E-state index contributed by atoms with van der Waals surface area (Å²) in [6, 6.07) is 26.3. The van der Waals surface area contributed by atoms with Gasteiger partial charge in [0, 0.05) is 30.1 Å². The zero-order valence-electron chi connectivity index (χ0n) is 39.2. The molecule has 4 atom stereocenters. The lowest BCUT2D eigenvalue weighted by Crippen LogP contribution is -2.40. The van der Waals surface area contributed by atoms with Crippen molar-refractivity contribution >= 4 is 0 Å². The Balaban J connectivity index is 1.10. The first-order valence-corrected chi connectivity index (χ1v) is 24.4. The zero-order valence-corrected chi connectivity index (χ0v) is 39.2. The number of aliphatic hydroxyl groups is 1. The number of ether oxygens (including phenoxy) is 6. The third-order valence-electron chi connectivity index (χ3n) is 15.2. The van der Waals surface area contributed by atoms with Gasteiger partial charge in [-0.1, -0.05) is 82.3 Å². The van der Waals surface area contributed by atoms with E-state index in [-0.39, 0.29) is 35.1 Å². The summed E-state index contributed by atoms with van der Waals surface area (Å²) in [5.74, 6) is 3.93. The maximum atomic E-state index is 10.3. The van der Waals surface area contributed by atoms with Crippen molar-refractivity contribution in [2.75, 3.05) is 19.8 Å². The average Bonchev–Trinajstić information content (AvgIpc) is 3.31. The lowest BCUT2D eigenvalue weighted by atomic mass is 9.56. The Morgan fingerprint density at radius 3 is 1.67 bits per heavy atom.